The van der Waals surface area contributed by atoms with Gasteiger partial charge in [-0.1, -0.05) is 0 Å². The average Bonchev–Trinajstić information content (AvgIpc) is 2.18. The zero-order chi connectivity index (χ0) is 11.1. The number of nitrogens with two attached hydrogens (primary N) is 1. The zero-order valence-electron chi connectivity index (χ0n) is 8.72. The summed E-state index contributed by atoms with van der Waals surface area (Å²) in [4.78, 5) is 12.0. The summed E-state index contributed by atoms with van der Waals surface area (Å²) >= 11 is 0. The first-order valence-electron chi connectivity index (χ1n) is 3.81. The van der Waals surface area contributed by atoms with Gasteiger partial charge in [-0.3, -0.25) is 0 Å². The number of urea groups is 1. The molecule has 0 aliphatic rings. The van der Waals surface area contributed by atoms with Gasteiger partial charge in [0, 0.05) is 28.4 Å². The Morgan fingerprint density at radius 3 is 1.43 bits per heavy atom. The van der Waals surface area contributed by atoms with Crippen LogP contribution in [0.15, 0.2) is 0 Å². The highest BCUT2D eigenvalue weighted by Gasteiger charge is 2.29. The molecule has 0 heterocycles. The molecule has 0 bridgehead atoms. The smallest absolute Gasteiger partial charge is 0.322 e. The number of primary amides is 1. The minimum Gasteiger partial charge on any atom is -0.351 e. The third-order valence-electron chi connectivity index (χ3n) is 1.52. The largest absolute Gasteiger partial charge is 0.351 e. The molecule has 0 aliphatic heterocycles. The Morgan fingerprint density at radius 2 is 1.29 bits per heavy atom. The predicted molar refractivity (Wildman–Crippen MR) is 47.0 cm³/mol. The molecule has 0 unspecified atom stereocenters. The fraction of sp³-hybridized carbons (Fsp3) is 0.857. The van der Waals surface area contributed by atoms with Crippen LogP contribution in [0.4, 0.5) is 4.79 Å². The third-order valence-corrected chi connectivity index (χ3v) is 1.52. The number of ether oxygens (including phenoxy) is 4. The van der Waals surface area contributed by atoms with Gasteiger partial charge in [0.2, 0.25) is 12.8 Å². The molecule has 0 aromatic heterocycles. The van der Waals surface area contributed by atoms with Gasteiger partial charge in [-0.2, -0.15) is 0 Å². The van der Waals surface area contributed by atoms with Crippen LogP contribution >= 0.6 is 0 Å². The fourth-order valence-electron chi connectivity index (χ4n) is 0.954. The van der Waals surface area contributed by atoms with Gasteiger partial charge < -0.3 is 24.7 Å². The van der Waals surface area contributed by atoms with Crippen LogP contribution in [0, 0.1) is 0 Å². The number of hydrogen-bond donors (Lipinski definition) is 1. The van der Waals surface area contributed by atoms with Crippen molar-refractivity contribution in [2.45, 2.75) is 12.8 Å². The van der Waals surface area contributed by atoms with E-state index in [4.69, 9.17) is 24.7 Å². The van der Waals surface area contributed by atoms with Crippen molar-refractivity contribution in [2.24, 2.45) is 5.73 Å². The standard InChI is InChI=1S/C7H16N2O5/c1-11-6(12-2)9(5(8)10)7(13-3)14-4/h6-7H,1-4H3,(H2,8,10). The van der Waals surface area contributed by atoms with Gasteiger partial charge in [-0.25, -0.2) is 9.69 Å². The maximum Gasteiger partial charge on any atom is 0.322 e. The summed E-state index contributed by atoms with van der Waals surface area (Å²) in [6.45, 7) is 0. The number of methoxy groups -OCH3 is 4. The van der Waals surface area contributed by atoms with Crippen molar-refractivity contribution < 1.29 is 23.7 Å². The lowest BCUT2D eigenvalue weighted by Gasteiger charge is -2.32. The second kappa shape index (κ2) is 6.55. The molecule has 0 aromatic rings. The minimum atomic E-state index is -0.947. The highest BCUT2D eigenvalue weighted by Crippen LogP contribution is 2.08. The second-order valence-electron chi connectivity index (χ2n) is 2.30. The van der Waals surface area contributed by atoms with E-state index in [0.717, 1.165) is 4.90 Å². The average molecular weight is 208 g/mol. The molecule has 0 saturated heterocycles. The molecule has 0 aromatic carbocycles. The van der Waals surface area contributed by atoms with Crippen molar-refractivity contribution in [3.05, 3.63) is 0 Å². The first kappa shape index (κ1) is 13.1. The van der Waals surface area contributed by atoms with Gasteiger partial charge in [0.25, 0.3) is 0 Å². The summed E-state index contributed by atoms with van der Waals surface area (Å²) in [5.41, 5.74) is 5.11. The van der Waals surface area contributed by atoms with E-state index in [-0.39, 0.29) is 0 Å². The number of nitrogens with zero attached hydrogens (tertiary/aromatic N) is 1. The number of rotatable bonds is 6. The van der Waals surface area contributed by atoms with Gasteiger partial charge in [0.05, 0.1) is 0 Å². The molecule has 2 amide bonds. The molecular formula is C7H16N2O5. The van der Waals surface area contributed by atoms with Crippen LogP contribution in [0.1, 0.15) is 0 Å². The van der Waals surface area contributed by atoms with E-state index >= 15 is 0 Å². The SMILES string of the molecule is COC(OC)N(C(N)=O)C(OC)OC. The maximum absolute atomic E-state index is 11.0. The predicted octanol–water partition coefficient (Wildman–Crippen LogP) is -0.480. The summed E-state index contributed by atoms with van der Waals surface area (Å²) in [5, 5.41) is 0. The molecular weight excluding hydrogens is 192 g/mol. The van der Waals surface area contributed by atoms with Crippen LogP contribution in [0.5, 0.6) is 0 Å². The van der Waals surface area contributed by atoms with Crippen molar-refractivity contribution >= 4 is 6.03 Å². The van der Waals surface area contributed by atoms with Gasteiger partial charge in [0.15, 0.2) is 0 Å². The molecule has 0 spiro atoms. The lowest BCUT2D eigenvalue weighted by Crippen LogP contribution is -2.52. The summed E-state index contributed by atoms with van der Waals surface area (Å²) in [6, 6.07) is -0.771. The molecule has 7 nitrogen and oxygen atoms in total. The minimum absolute atomic E-state index is 0.771. The van der Waals surface area contributed by atoms with E-state index in [0.29, 0.717) is 0 Å². The van der Waals surface area contributed by atoms with Crippen molar-refractivity contribution in [3.8, 4) is 0 Å². The second-order valence-corrected chi connectivity index (χ2v) is 2.30. The van der Waals surface area contributed by atoms with Crippen molar-refractivity contribution in [1.29, 1.82) is 0 Å². The van der Waals surface area contributed by atoms with Crippen molar-refractivity contribution in [3.63, 3.8) is 0 Å². The molecule has 0 rings (SSSR count). The summed E-state index contributed by atoms with van der Waals surface area (Å²) < 4.78 is 19.4. The molecule has 0 atom stereocenters. The Kier molecular flexibility index (Phi) is 6.13. The quantitative estimate of drug-likeness (QED) is 0.596. The zero-order valence-corrected chi connectivity index (χ0v) is 8.72. The number of carbonyl (C=O) groups excluding carboxylic acids is 1. The number of hydrogen-bond acceptors (Lipinski definition) is 5. The van der Waals surface area contributed by atoms with Crippen LogP contribution in [-0.2, 0) is 18.9 Å². The maximum atomic E-state index is 11.0. The Bertz CT molecular complexity index is 157. The molecule has 84 valence electrons. The highest BCUT2D eigenvalue weighted by molar-refractivity contribution is 5.72. The van der Waals surface area contributed by atoms with E-state index in [1.54, 1.807) is 0 Å². The molecule has 2 N–H and O–H groups in total. The lowest BCUT2D eigenvalue weighted by atomic mass is 10.7. The summed E-state index contributed by atoms with van der Waals surface area (Å²) in [6.07, 6.45) is -1.89. The van der Waals surface area contributed by atoms with Crippen LogP contribution in [0.3, 0.4) is 0 Å². The first-order chi connectivity index (χ1) is 6.62. The monoisotopic (exact) mass is 208 g/mol. The van der Waals surface area contributed by atoms with Crippen LogP contribution in [0.25, 0.3) is 0 Å². The van der Waals surface area contributed by atoms with Gasteiger partial charge in [0.1, 0.15) is 0 Å². The molecule has 7 heteroatoms. The van der Waals surface area contributed by atoms with E-state index < -0.39 is 18.9 Å². The number of amides is 2. The number of carbonyl (C=O) groups is 1. The topological polar surface area (TPSA) is 83.2 Å². The Hall–Kier alpha value is -0.890. The summed E-state index contributed by atoms with van der Waals surface area (Å²) in [7, 11) is 5.47. The Balaban J connectivity index is 4.62. The van der Waals surface area contributed by atoms with Crippen molar-refractivity contribution in [1.82, 2.24) is 4.90 Å². The molecule has 0 saturated carbocycles. The highest BCUT2D eigenvalue weighted by atomic mass is 16.7. The van der Waals surface area contributed by atoms with Crippen LogP contribution in [-0.4, -0.2) is 52.2 Å². The van der Waals surface area contributed by atoms with Gasteiger partial charge >= 0.3 is 6.03 Å². The van der Waals surface area contributed by atoms with E-state index in [1.807, 2.05) is 0 Å². The van der Waals surface area contributed by atoms with Crippen LogP contribution in [0.2, 0.25) is 0 Å². The molecule has 0 radical (unpaired) electrons. The molecule has 0 aliphatic carbocycles. The summed E-state index contributed by atoms with van der Waals surface area (Å²) in [5.74, 6) is 0. The lowest BCUT2D eigenvalue weighted by molar-refractivity contribution is -0.275. The van der Waals surface area contributed by atoms with E-state index in [1.165, 1.54) is 28.4 Å². The van der Waals surface area contributed by atoms with Crippen molar-refractivity contribution in [2.75, 3.05) is 28.4 Å². The Morgan fingerprint density at radius 1 is 1.00 bits per heavy atom. The Labute approximate surface area is 82.6 Å². The fourth-order valence-corrected chi connectivity index (χ4v) is 0.954. The van der Waals surface area contributed by atoms with Gasteiger partial charge in [-0.05, 0) is 0 Å². The van der Waals surface area contributed by atoms with E-state index in [2.05, 4.69) is 0 Å². The normalized spacial score (nSPS) is 11.0. The molecule has 0 fully saturated rings. The van der Waals surface area contributed by atoms with Gasteiger partial charge in [-0.15, -0.1) is 0 Å². The first-order valence-corrected chi connectivity index (χ1v) is 3.81. The van der Waals surface area contributed by atoms with E-state index in [9.17, 15) is 4.79 Å². The third kappa shape index (κ3) is 3.11. The van der Waals surface area contributed by atoms with Crippen LogP contribution < -0.4 is 5.73 Å². The molecule has 14 heavy (non-hydrogen) atoms.